The molecule has 0 amide bonds. The van der Waals surface area contributed by atoms with Gasteiger partial charge >= 0.3 is 6.11 Å². The van der Waals surface area contributed by atoms with Gasteiger partial charge in [0, 0.05) is 0 Å². The number of alkyl halides is 2. The van der Waals surface area contributed by atoms with E-state index in [-0.39, 0.29) is 10.8 Å². The van der Waals surface area contributed by atoms with E-state index in [1.807, 2.05) is 12.1 Å². The van der Waals surface area contributed by atoms with E-state index in [0.29, 0.717) is 6.07 Å². The maximum Gasteiger partial charge on any atom is 0.426 e. The van der Waals surface area contributed by atoms with Crippen LogP contribution in [0.3, 0.4) is 0 Å². The van der Waals surface area contributed by atoms with E-state index >= 15 is 0 Å². The van der Waals surface area contributed by atoms with Crippen molar-refractivity contribution in [2.75, 3.05) is 0 Å². The Morgan fingerprint density at radius 1 is 0.811 bits per heavy atom. The summed E-state index contributed by atoms with van der Waals surface area (Å²) in [7, 11) is 0. The van der Waals surface area contributed by atoms with Gasteiger partial charge in [0.2, 0.25) is 0 Å². The smallest absolute Gasteiger partial charge is 0.426 e. The van der Waals surface area contributed by atoms with Crippen molar-refractivity contribution in [3.8, 4) is 5.75 Å². The average Bonchev–Trinajstić information content (AvgIpc) is 2.90. The summed E-state index contributed by atoms with van der Waals surface area (Å²) in [6, 6.07) is 9.77. The molecule has 0 radical (unpaired) electrons. The van der Waals surface area contributed by atoms with Crippen LogP contribution < -0.4 is 4.74 Å². The van der Waals surface area contributed by atoms with Crippen molar-refractivity contribution in [3.63, 3.8) is 0 Å². The fraction of sp³-hybridized carbons (Fsp3) is 0.625. The molecule has 2 saturated carbocycles. The van der Waals surface area contributed by atoms with Crippen molar-refractivity contribution in [2.24, 2.45) is 23.7 Å². The van der Waals surface area contributed by atoms with Crippen LogP contribution in [0.4, 0.5) is 13.2 Å². The van der Waals surface area contributed by atoms with E-state index in [2.05, 4.69) is 6.92 Å². The van der Waals surface area contributed by atoms with Crippen LogP contribution in [0.5, 0.6) is 5.75 Å². The summed E-state index contributed by atoms with van der Waals surface area (Å²) < 4.78 is 47.4. The Kier molecular flexibility index (Phi) is 10.3. The Bertz CT molecular complexity index is 960. The first-order valence-electron chi connectivity index (χ1n) is 14.5. The monoisotopic (exact) mass is 534 g/mol. The van der Waals surface area contributed by atoms with Crippen molar-refractivity contribution >= 4 is 11.6 Å². The molecule has 4 rings (SSSR count). The lowest BCUT2D eigenvalue weighted by Crippen LogP contribution is -2.26. The van der Waals surface area contributed by atoms with Gasteiger partial charge in [0.1, 0.15) is 11.6 Å². The lowest BCUT2D eigenvalue weighted by Gasteiger charge is -2.38. The van der Waals surface area contributed by atoms with E-state index in [1.54, 1.807) is 12.1 Å². The highest BCUT2D eigenvalue weighted by Crippen LogP contribution is 2.43. The molecule has 2 aliphatic rings. The summed E-state index contributed by atoms with van der Waals surface area (Å²) in [6.07, 6.45) is 15.3. The van der Waals surface area contributed by atoms with Gasteiger partial charge in [0.25, 0.3) is 0 Å². The molecular formula is C32H42ClF3O. The third-order valence-corrected chi connectivity index (χ3v) is 9.24. The second-order valence-corrected chi connectivity index (χ2v) is 11.9. The molecule has 0 aromatic heterocycles. The maximum absolute atomic E-state index is 14.5. The molecule has 2 fully saturated rings. The molecule has 1 nitrogen and oxygen atoms in total. The van der Waals surface area contributed by atoms with Gasteiger partial charge in [-0.3, -0.25) is 0 Å². The van der Waals surface area contributed by atoms with E-state index in [0.717, 1.165) is 54.2 Å². The average molecular weight is 535 g/mol. The molecule has 204 valence electrons. The van der Waals surface area contributed by atoms with E-state index in [1.165, 1.54) is 77.0 Å². The summed E-state index contributed by atoms with van der Waals surface area (Å²) >= 11 is 5.60. The lowest BCUT2D eigenvalue weighted by molar-refractivity contribution is -0.185. The normalized spacial score (nSPS) is 24.7. The molecule has 0 N–H and O–H groups in total. The van der Waals surface area contributed by atoms with Gasteiger partial charge in [-0.15, -0.1) is 0 Å². The van der Waals surface area contributed by atoms with Crippen molar-refractivity contribution in [1.29, 1.82) is 0 Å². The summed E-state index contributed by atoms with van der Waals surface area (Å²) in [5.41, 5.74) is 0.575. The minimum atomic E-state index is -3.64. The number of ether oxygens (including phenoxy) is 1. The first-order valence-corrected chi connectivity index (χ1v) is 14.8. The molecular weight excluding hydrogens is 493 g/mol. The van der Waals surface area contributed by atoms with Crippen LogP contribution in [-0.4, -0.2) is 0 Å². The summed E-state index contributed by atoms with van der Waals surface area (Å²) in [5, 5.41) is -0.197. The molecule has 2 aliphatic carbocycles. The number of hydrogen-bond acceptors (Lipinski definition) is 1. The highest BCUT2D eigenvalue weighted by atomic mass is 35.5. The number of rotatable bonds is 11. The molecule has 0 saturated heterocycles. The largest absolute Gasteiger partial charge is 0.429 e. The van der Waals surface area contributed by atoms with Crippen LogP contribution in [0.1, 0.15) is 102 Å². The van der Waals surface area contributed by atoms with Crippen molar-refractivity contribution < 1.29 is 17.9 Å². The van der Waals surface area contributed by atoms with Gasteiger partial charge in [-0.05, 0) is 98.1 Å². The molecule has 0 spiro atoms. The molecule has 0 unspecified atom stereocenters. The molecule has 5 heteroatoms. The summed E-state index contributed by atoms with van der Waals surface area (Å²) in [5.74, 6) is 2.81. The van der Waals surface area contributed by atoms with Gasteiger partial charge in [-0.2, -0.15) is 8.78 Å². The van der Waals surface area contributed by atoms with Crippen molar-refractivity contribution in [1.82, 2.24) is 0 Å². The zero-order valence-electron chi connectivity index (χ0n) is 22.2. The topological polar surface area (TPSA) is 9.23 Å². The highest BCUT2D eigenvalue weighted by Gasteiger charge is 2.35. The van der Waals surface area contributed by atoms with E-state index in [9.17, 15) is 13.2 Å². The SMILES string of the molecule is CCCCCC1CCC(C2CCC(CCc3ccc(OC(F)(F)c4ccc(Cl)c(F)c4)cc3)CC2)CC1. The number of unbranched alkanes of at least 4 members (excludes halogenated alkanes) is 2. The van der Waals surface area contributed by atoms with Crippen LogP contribution >= 0.6 is 11.6 Å². The number of halogens is 4. The maximum atomic E-state index is 14.5. The second kappa shape index (κ2) is 13.4. The molecule has 2 aromatic rings. The molecule has 0 aliphatic heterocycles. The molecule has 37 heavy (non-hydrogen) atoms. The van der Waals surface area contributed by atoms with Crippen molar-refractivity contribution in [3.05, 3.63) is 64.4 Å². The van der Waals surface area contributed by atoms with Gasteiger partial charge in [0.15, 0.2) is 0 Å². The molecule has 0 bridgehead atoms. The molecule has 0 atom stereocenters. The summed E-state index contributed by atoms with van der Waals surface area (Å²) in [4.78, 5) is 0. The van der Waals surface area contributed by atoms with Crippen LogP contribution in [0.2, 0.25) is 5.02 Å². The van der Waals surface area contributed by atoms with Gasteiger partial charge in [-0.25, -0.2) is 4.39 Å². The van der Waals surface area contributed by atoms with Gasteiger partial charge in [-0.1, -0.05) is 82.0 Å². The lowest BCUT2D eigenvalue weighted by atomic mass is 9.68. The zero-order valence-corrected chi connectivity index (χ0v) is 22.9. The fourth-order valence-corrected chi connectivity index (χ4v) is 6.68. The van der Waals surface area contributed by atoms with Crippen LogP contribution in [0, 0.1) is 29.5 Å². The van der Waals surface area contributed by atoms with Crippen LogP contribution in [0.25, 0.3) is 0 Å². The van der Waals surface area contributed by atoms with Gasteiger partial charge in [0.05, 0.1) is 10.6 Å². The highest BCUT2D eigenvalue weighted by molar-refractivity contribution is 6.30. The predicted molar refractivity (Wildman–Crippen MR) is 146 cm³/mol. The fourth-order valence-electron chi connectivity index (χ4n) is 6.56. The molecule has 0 heterocycles. The summed E-state index contributed by atoms with van der Waals surface area (Å²) in [6.45, 7) is 2.29. The van der Waals surface area contributed by atoms with Crippen molar-refractivity contribution in [2.45, 2.75) is 103 Å². The first kappa shape index (κ1) is 28.3. The van der Waals surface area contributed by atoms with E-state index in [4.69, 9.17) is 16.3 Å². The Balaban J connectivity index is 1.17. The number of aryl methyl sites for hydroxylation is 1. The minimum absolute atomic E-state index is 0.0599. The van der Waals surface area contributed by atoms with Crippen LogP contribution in [-0.2, 0) is 12.5 Å². The number of benzene rings is 2. The quantitative estimate of drug-likeness (QED) is 0.260. The second-order valence-electron chi connectivity index (χ2n) is 11.5. The third kappa shape index (κ3) is 8.15. The van der Waals surface area contributed by atoms with E-state index < -0.39 is 17.5 Å². The molecule has 2 aromatic carbocycles. The standard InChI is InChI=1S/C32H42ClF3O/c1-2-3-4-5-23-8-14-26(15-9-23)27-16-10-24(11-17-27)6-7-25-12-19-29(20-13-25)37-32(35,36)28-18-21-30(33)31(34)22-28/h12-13,18-24,26-27H,2-11,14-17H2,1H3. The van der Waals surface area contributed by atoms with Crippen LogP contribution in [0.15, 0.2) is 42.5 Å². The van der Waals surface area contributed by atoms with Gasteiger partial charge < -0.3 is 4.74 Å². The zero-order chi connectivity index (χ0) is 26.3. The predicted octanol–water partition coefficient (Wildman–Crippen LogP) is 10.7. The minimum Gasteiger partial charge on any atom is -0.429 e. The number of hydrogen-bond donors (Lipinski definition) is 0. The first-order chi connectivity index (χ1) is 17.8. The Morgan fingerprint density at radius 3 is 1.97 bits per heavy atom. The Morgan fingerprint density at radius 2 is 1.41 bits per heavy atom. The Labute approximate surface area is 226 Å². The third-order valence-electron chi connectivity index (χ3n) is 8.93. The Hall–Kier alpha value is -1.68.